The summed E-state index contributed by atoms with van der Waals surface area (Å²) in [4.78, 5) is 10.1. The van der Waals surface area contributed by atoms with Crippen LogP contribution in [-0.2, 0) is 9.53 Å². The lowest BCUT2D eigenvalue weighted by molar-refractivity contribution is -0.131. The first-order valence-electron chi connectivity index (χ1n) is 4.76. The maximum absolute atomic E-state index is 10.1. The first-order chi connectivity index (χ1) is 6.29. The Balaban J connectivity index is 1.86. The van der Waals surface area contributed by atoms with Crippen LogP contribution in [0.5, 0.6) is 0 Å². The lowest BCUT2D eigenvalue weighted by Crippen LogP contribution is -2.13. The summed E-state index contributed by atoms with van der Waals surface area (Å²) in [6.07, 6.45) is 7.82. The van der Waals surface area contributed by atoms with E-state index in [0.29, 0.717) is 6.61 Å². The maximum Gasteiger partial charge on any atom is 0.328 e. The molecule has 1 aliphatic carbocycles. The summed E-state index contributed by atoms with van der Waals surface area (Å²) in [7, 11) is 0. The minimum atomic E-state index is -0.914. The van der Waals surface area contributed by atoms with Crippen LogP contribution >= 0.6 is 0 Å². The van der Waals surface area contributed by atoms with E-state index in [1.54, 1.807) is 0 Å². The van der Waals surface area contributed by atoms with Gasteiger partial charge in [0.25, 0.3) is 0 Å². The highest BCUT2D eigenvalue weighted by Gasteiger charge is 2.16. The van der Waals surface area contributed by atoms with Crippen molar-refractivity contribution in [2.75, 3.05) is 13.2 Å². The molecule has 0 unspecified atom stereocenters. The molecule has 0 aromatic rings. The quantitative estimate of drug-likeness (QED) is 0.506. The topological polar surface area (TPSA) is 46.5 Å². The molecule has 0 spiro atoms. The molecule has 0 amide bonds. The second kappa shape index (κ2) is 5.75. The van der Waals surface area contributed by atoms with E-state index in [1.807, 2.05) is 0 Å². The average molecular weight is 184 g/mol. The van der Waals surface area contributed by atoms with Gasteiger partial charge in [0, 0.05) is 12.7 Å². The molecule has 74 valence electrons. The predicted octanol–water partition coefficient (Wildman–Crippen LogP) is 1.83. The minimum Gasteiger partial charge on any atom is -0.478 e. The zero-order chi connectivity index (χ0) is 9.52. The highest BCUT2D eigenvalue weighted by atomic mass is 16.5. The van der Waals surface area contributed by atoms with Gasteiger partial charge in [0.2, 0.25) is 0 Å². The molecule has 0 radical (unpaired) electrons. The van der Waals surface area contributed by atoms with E-state index in [-0.39, 0.29) is 0 Å². The summed E-state index contributed by atoms with van der Waals surface area (Å²) >= 11 is 0. The van der Waals surface area contributed by atoms with E-state index in [2.05, 4.69) is 0 Å². The molecular weight excluding hydrogens is 168 g/mol. The number of carbonyl (C=O) groups is 1. The van der Waals surface area contributed by atoms with Crippen LogP contribution < -0.4 is 0 Å². The zero-order valence-electron chi connectivity index (χ0n) is 7.74. The molecule has 0 aliphatic heterocycles. The second-order valence-electron chi connectivity index (χ2n) is 3.40. The number of aliphatic carboxylic acids is 1. The van der Waals surface area contributed by atoms with E-state index in [4.69, 9.17) is 9.84 Å². The van der Waals surface area contributed by atoms with Crippen molar-refractivity contribution in [1.29, 1.82) is 0 Å². The molecule has 0 saturated heterocycles. The van der Waals surface area contributed by atoms with Crippen LogP contribution in [0.15, 0.2) is 12.2 Å². The van der Waals surface area contributed by atoms with Gasteiger partial charge in [0.15, 0.2) is 0 Å². The van der Waals surface area contributed by atoms with Gasteiger partial charge in [0.05, 0.1) is 6.61 Å². The first kappa shape index (κ1) is 10.3. The summed E-state index contributed by atoms with van der Waals surface area (Å²) in [6, 6.07) is 0. The third kappa shape index (κ3) is 4.68. The number of hydrogen-bond donors (Lipinski definition) is 1. The van der Waals surface area contributed by atoms with Crippen molar-refractivity contribution in [3.05, 3.63) is 12.2 Å². The fraction of sp³-hybridized carbons (Fsp3) is 0.700. The Morgan fingerprint density at radius 3 is 2.85 bits per heavy atom. The number of carboxylic acids is 1. The average Bonchev–Trinajstić information content (AvgIpc) is 1.99. The highest BCUT2D eigenvalue weighted by molar-refractivity contribution is 5.79. The molecule has 1 rings (SSSR count). The van der Waals surface area contributed by atoms with Crippen LogP contribution in [0.3, 0.4) is 0 Å². The predicted molar refractivity (Wildman–Crippen MR) is 49.6 cm³/mol. The van der Waals surface area contributed by atoms with E-state index in [1.165, 1.54) is 25.3 Å². The molecule has 0 heterocycles. The van der Waals surface area contributed by atoms with Crippen molar-refractivity contribution in [1.82, 2.24) is 0 Å². The van der Waals surface area contributed by atoms with Crippen molar-refractivity contribution >= 4 is 5.97 Å². The normalized spacial score (nSPS) is 17.5. The third-order valence-electron chi connectivity index (χ3n) is 2.37. The summed E-state index contributed by atoms with van der Waals surface area (Å²) in [6.45, 7) is 1.17. The molecule has 1 aliphatic rings. The zero-order valence-corrected chi connectivity index (χ0v) is 7.74. The smallest absolute Gasteiger partial charge is 0.328 e. The summed E-state index contributed by atoms with van der Waals surface area (Å²) in [5.74, 6) is -0.0500. The van der Waals surface area contributed by atoms with E-state index < -0.39 is 5.97 Å². The Kier molecular flexibility index (Phi) is 4.54. The Morgan fingerprint density at radius 1 is 1.54 bits per heavy atom. The van der Waals surface area contributed by atoms with E-state index in [9.17, 15) is 4.79 Å². The van der Waals surface area contributed by atoms with Crippen molar-refractivity contribution in [2.45, 2.75) is 25.7 Å². The van der Waals surface area contributed by atoms with Crippen LogP contribution in [0.2, 0.25) is 0 Å². The van der Waals surface area contributed by atoms with Crippen LogP contribution in [-0.4, -0.2) is 24.3 Å². The van der Waals surface area contributed by atoms with Gasteiger partial charge in [0.1, 0.15) is 0 Å². The number of rotatable bonds is 6. The number of carboxylic acid groups (broad SMARTS) is 1. The molecule has 1 fully saturated rings. The van der Waals surface area contributed by atoms with Crippen molar-refractivity contribution in [3.63, 3.8) is 0 Å². The van der Waals surface area contributed by atoms with Crippen LogP contribution in [0.25, 0.3) is 0 Å². The molecule has 1 N–H and O–H groups in total. The van der Waals surface area contributed by atoms with Crippen molar-refractivity contribution < 1.29 is 14.6 Å². The monoisotopic (exact) mass is 184 g/mol. The van der Waals surface area contributed by atoms with Gasteiger partial charge in [-0.05, 0) is 12.3 Å². The molecule has 1 saturated carbocycles. The second-order valence-corrected chi connectivity index (χ2v) is 3.40. The van der Waals surface area contributed by atoms with Gasteiger partial charge >= 0.3 is 5.97 Å². The summed E-state index contributed by atoms with van der Waals surface area (Å²) < 4.78 is 5.24. The lowest BCUT2D eigenvalue weighted by atomic mass is 9.83. The molecule has 3 nitrogen and oxygen atoms in total. The highest BCUT2D eigenvalue weighted by Crippen LogP contribution is 2.28. The molecule has 0 aromatic heterocycles. The van der Waals surface area contributed by atoms with E-state index in [0.717, 1.165) is 25.0 Å². The molecule has 0 bridgehead atoms. The number of ether oxygens (including phenoxy) is 1. The van der Waals surface area contributed by atoms with Gasteiger partial charge in [-0.3, -0.25) is 0 Å². The van der Waals surface area contributed by atoms with Gasteiger partial charge in [-0.25, -0.2) is 4.79 Å². The first-order valence-corrected chi connectivity index (χ1v) is 4.76. The Morgan fingerprint density at radius 2 is 2.31 bits per heavy atom. The largest absolute Gasteiger partial charge is 0.478 e. The molecule has 3 heteroatoms. The summed E-state index contributed by atoms with van der Waals surface area (Å²) in [5.41, 5.74) is 0. The van der Waals surface area contributed by atoms with Gasteiger partial charge < -0.3 is 9.84 Å². The SMILES string of the molecule is O=C(O)/C=C/COCCC1CCC1. The van der Waals surface area contributed by atoms with Crippen molar-refractivity contribution in [3.8, 4) is 0 Å². The van der Waals surface area contributed by atoms with Crippen LogP contribution in [0, 0.1) is 5.92 Å². The van der Waals surface area contributed by atoms with Gasteiger partial charge in [-0.2, -0.15) is 0 Å². The lowest BCUT2D eigenvalue weighted by Gasteiger charge is -2.24. The molecule has 13 heavy (non-hydrogen) atoms. The molecular formula is C10H16O3. The standard InChI is InChI=1S/C10H16O3/c11-10(12)5-2-7-13-8-6-9-3-1-4-9/h2,5,9H,1,3-4,6-8H2,(H,11,12)/b5-2+. The molecule has 0 aromatic carbocycles. The fourth-order valence-electron chi connectivity index (χ4n) is 1.33. The van der Waals surface area contributed by atoms with Crippen molar-refractivity contribution in [2.24, 2.45) is 5.92 Å². The van der Waals surface area contributed by atoms with Crippen LogP contribution in [0.4, 0.5) is 0 Å². The Labute approximate surface area is 78.4 Å². The Hall–Kier alpha value is -0.830. The summed E-state index contributed by atoms with van der Waals surface area (Å²) in [5, 5.41) is 8.26. The van der Waals surface area contributed by atoms with Gasteiger partial charge in [-0.1, -0.05) is 25.3 Å². The maximum atomic E-state index is 10.1. The Bertz CT molecular complexity index is 183. The van der Waals surface area contributed by atoms with Gasteiger partial charge in [-0.15, -0.1) is 0 Å². The minimum absolute atomic E-state index is 0.416. The molecule has 0 atom stereocenters. The third-order valence-corrected chi connectivity index (χ3v) is 2.37. The number of hydrogen-bond acceptors (Lipinski definition) is 2. The van der Waals surface area contributed by atoms with Crippen LogP contribution in [0.1, 0.15) is 25.7 Å². The van der Waals surface area contributed by atoms with E-state index >= 15 is 0 Å². The fourth-order valence-corrected chi connectivity index (χ4v) is 1.33.